The summed E-state index contributed by atoms with van der Waals surface area (Å²) in [4.78, 5) is 12.5. The van der Waals surface area contributed by atoms with E-state index in [9.17, 15) is 13.6 Å². The van der Waals surface area contributed by atoms with Crippen LogP contribution in [0.1, 0.15) is 41.6 Å². The van der Waals surface area contributed by atoms with Gasteiger partial charge in [-0.15, -0.1) is 0 Å². The number of ether oxygens (including phenoxy) is 1. The fraction of sp³-hybridized carbons (Fsp3) is 0.318. The predicted molar refractivity (Wildman–Crippen MR) is 102 cm³/mol. The Kier molecular flexibility index (Phi) is 5.03. The van der Waals surface area contributed by atoms with Gasteiger partial charge in [0.1, 0.15) is 11.3 Å². The van der Waals surface area contributed by atoms with Crippen molar-refractivity contribution < 1.29 is 22.7 Å². The van der Waals surface area contributed by atoms with Gasteiger partial charge in [-0.1, -0.05) is 12.1 Å². The van der Waals surface area contributed by atoms with Gasteiger partial charge in [-0.3, -0.25) is 4.79 Å². The number of carbonyl (C=O) groups is 1. The molecule has 0 saturated heterocycles. The molecule has 0 unspecified atom stereocenters. The van der Waals surface area contributed by atoms with Gasteiger partial charge in [0, 0.05) is 10.9 Å². The zero-order chi connectivity index (χ0) is 19.7. The van der Waals surface area contributed by atoms with E-state index >= 15 is 0 Å². The summed E-state index contributed by atoms with van der Waals surface area (Å²) in [5, 5.41) is 3.94. The number of fused-ring (bicyclic) bond motifs is 2. The molecule has 0 spiro atoms. The third kappa shape index (κ3) is 3.86. The second-order valence-corrected chi connectivity index (χ2v) is 7.15. The molecular formula is C22H21F2NO3. The average molecular weight is 385 g/mol. The van der Waals surface area contributed by atoms with Crippen molar-refractivity contribution in [3.8, 4) is 5.75 Å². The van der Waals surface area contributed by atoms with E-state index in [1.165, 1.54) is 23.3 Å². The monoisotopic (exact) mass is 385 g/mol. The highest BCUT2D eigenvalue weighted by Crippen LogP contribution is 2.30. The van der Waals surface area contributed by atoms with E-state index in [0.29, 0.717) is 0 Å². The zero-order valence-electron chi connectivity index (χ0n) is 15.5. The van der Waals surface area contributed by atoms with Crippen LogP contribution in [0, 0.1) is 0 Å². The van der Waals surface area contributed by atoms with E-state index in [1.54, 1.807) is 18.4 Å². The van der Waals surface area contributed by atoms with E-state index in [-0.39, 0.29) is 24.1 Å². The number of furan rings is 1. The van der Waals surface area contributed by atoms with Crippen molar-refractivity contribution >= 4 is 16.9 Å². The quantitative estimate of drug-likeness (QED) is 0.654. The maximum absolute atomic E-state index is 12.5. The van der Waals surface area contributed by atoms with E-state index < -0.39 is 6.61 Å². The van der Waals surface area contributed by atoms with Crippen LogP contribution in [0.25, 0.3) is 11.0 Å². The van der Waals surface area contributed by atoms with E-state index in [4.69, 9.17) is 4.42 Å². The van der Waals surface area contributed by atoms with E-state index in [0.717, 1.165) is 41.4 Å². The van der Waals surface area contributed by atoms with Crippen LogP contribution < -0.4 is 10.1 Å². The fourth-order valence-electron chi connectivity index (χ4n) is 3.77. The summed E-state index contributed by atoms with van der Waals surface area (Å²) in [7, 11) is 0. The van der Waals surface area contributed by atoms with Crippen LogP contribution in [0.5, 0.6) is 5.75 Å². The van der Waals surface area contributed by atoms with Gasteiger partial charge in [0.15, 0.2) is 0 Å². The Morgan fingerprint density at radius 3 is 2.61 bits per heavy atom. The first-order valence-electron chi connectivity index (χ1n) is 9.35. The van der Waals surface area contributed by atoms with Crippen LogP contribution in [0.3, 0.4) is 0 Å². The molecule has 28 heavy (non-hydrogen) atoms. The van der Waals surface area contributed by atoms with Gasteiger partial charge >= 0.3 is 6.61 Å². The Labute approximate surface area is 161 Å². The van der Waals surface area contributed by atoms with Crippen LogP contribution in [0.15, 0.2) is 47.1 Å². The molecule has 0 saturated carbocycles. The third-order valence-corrected chi connectivity index (χ3v) is 5.20. The summed E-state index contributed by atoms with van der Waals surface area (Å²) in [5.74, 6) is -0.0294. The minimum Gasteiger partial charge on any atom is -0.464 e. The zero-order valence-corrected chi connectivity index (χ0v) is 15.5. The number of rotatable bonds is 6. The van der Waals surface area contributed by atoms with Gasteiger partial charge in [-0.2, -0.15) is 8.78 Å². The molecule has 2 aromatic carbocycles. The van der Waals surface area contributed by atoms with Crippen LogP contribution in [-0.2, 0) is 24.1 Å². The van der Waals surface area contributed by atoms with Crippen molar-refractivity contribution in [1.82, 2.24) is 5.32 Å². The van der Waals surface area contributed by atoms with Crippen molar-refractivity contribution in [1.29, 1.82) is 0 Å². The normalized spacial score (nSPS) is 14.3. The van der Waals surface area contributed by atoms with Crippen molar-refractivity contribution in [2.24, 2.45) is 0 Å². The van der Waals surface area contributed by atoms with E-state index in [2.05, 4.69) is 22.2 Å². The first-order chi connectivity index (χ1) is 13.5. The number of benzene rings is 2. The lowest BCUT2D eigenvalue weighted by atomic mass is 10.0. The van der Waals surface area contributed by atoms with Gasteiger partial charge in [0.25, 0.3) is 0 Å². The minimum absolute atomic E-state index is 0.0923. The summed E-state index contributed by atoms with van der Waals surface area (Å²) in [6.07, 6.45) is 5.20. The van der Waals surface area contributed by atoms with Crippen molar-refractivity contribution in [2.45, 2.75) is 45.3 Å². The standard InChI is InChI=1S/C22H21F2NO3/c1-13(14-5-7-18(8-6-14)28-22(23)24)25-21(26)11-17-12-27-20-10-16-4-2-3-15(16)9-19(17)20/h5-10,12-13,22H,2-4,11H2,1H3,(H,25,26)/t13-/m1/s1. The molecule has 4 rings (SSSR count). The summed E-state index contributed by atoms with van der Waals surface area (Å²) in [6.45, 7) is -1.00. The second kappa shape index (κ2) is 7.62. The van der Waals surface area contributed by atoms with E-state index in [1.807, 2.05) is 6.92 Å². The first-order valence-corrected chi connectivity index (χ1v) is 9.35. The molecule has 1 aliphatic rings. The molecule has 4 nitrogen and oxygen atoms in total. The topological polar surface area (TPSA) is 51.5 Å². The summed E-state index contributed by atoms with van der Waals surface area (Å²) >= 11 is 0. The maximum Gasteiger partial charge on any atom is 0.387 e. The Hall–Kier alpha value is -2.89. The first kappa shape index (κ1) is 18.5. The SMILES string of the molecule is C[C@@H](NC(=O)Cc1coc2cc3c(cc12)CCC3)c1ccc(OC(F)F)cc1. The van der Waals surface area contributed by atoms with Gasteiger partial charge < -0.3 is 14.5 Å². The Balaban J connectivity index is 1.42. The maximum atomic E-state index is 12.5. The Morgan fingerprint density at radius 2 is 1.89 bits per heavy atom. The highest BCUT2D eigenvalue weighted by atomic mass is 19.3. The molecule has 6 heteroatoms. The van der Waals surface area contributed by atoms with Gasteiger partial charge in [-0.05, 0) is 67.1 Å². The summed E-state index contributed by atoms with van der Waals surface area (Å²) in [6, 6.07) is 10.2. The lowest BCUT2D eigenvalue weighted by molar-refractivity contribution is -0.121. The van der Waals surface area contributed by atoms with Gasteiger partial charge in [0.2, 0.25) is 5.91 Å². The summed E-state index contributed by atoms with van der Waals surface area (Å²) < 4.78 is 34.5. The molecule has 0 bridgehead atoms. The number of hydrogen-bond donors (Lipinski definition) is 1. The molecule has 0 aliphatic heterocycles. The van der Waals surface area contributed by atoms with Gasteiger partial charge in [0.05, 0.1) is 18.7 Å². The minimum atomic E-state index is -2.85. The van der Waals surface area contributed by atoms with Crippen LogP contribution >= 0.6 is 0 Å². The van der Waals surface area contributed by atoms with Crippen LogP contribution in [0.4, 0.5) is 8.78 Å². The molecule has 1 amide bonds. The number of hydrogen-bond acceptors (Lipinski definition) is 3. The van der Waals surface area contributed by atoms with Crippen LogP contribution in [-0.4, -0.2) is 12.5 Å². The molecule has 0 fully saturated rings. The molecular weight excluding hydrogens is 364 g/mol. The van der Waals surface area contributed by atoms with Crippen LogP contribution in [0.2, 0.25) is 0 Å². The number of halogens is 2. The predicted octanol–water partition coefficient (Wildman–Crippen LogP) is 4.94. The molecule has 0 radical (unpaired) electrons. The molecule has 146 valence electrons. The smallest absolute Gasteiger partial charge is 0.387 e. The molecule has 1 atom stereocenters. The average Bonchev–Trinajstić information content (AvgIpc) is 3.26. The number of nitrogens with one attached hydrogen (secondary N) is 1. The number of alkyl halides is 2. The van der Waals surface area contributed by atoms with Gasteiger partial charge in [-0.25, -0.2) is 0 Å². The second-order valence-electron chi connectivity index (χ2n) is 7.15. The highest BCUT2D eigenvalue weighted by Gasteiger charge is 2.18. The Morgan fingerprint density at radius 1 is 1.18 bits per heavy atom. The van der Waals surface area contributed by atoms with Crippen molar-refractivity contribution in [3.63, 3.8) is 0 Å². The third-order valence-electron chi connectivity index (χ3n) is 5.20. The Bertz CT molecular complexity index is 995. The molecule has 1 aromatic heterocycles. The molecule has 1 heterocycles. The van der Waals surface area contributed by atoms with Crippen molar-refractivity contribution in [3.05, 3.63) is 64.9 Å². The number of amides is 1. The largest absolute Gasteiger partial charge is 0.464 e. The molecule has 3 aromatic rings. The highest BCUT2D eigenvalue weighted by molar-refractivity contribution is 5.88. The summed E-state index contributed by atoms with van der Waals surface area (Å²) in [5.41, 5.74) is 5.19. The molecule has 1 N–H and O–H groups in total. The lowest BCUT2D eigenvalue weighted by Gasteiger charge is -2.15. The van der Waals surface area contributed by atoms with Crippen molar-refractivity contribution in [2.75, 3.05) is 0 Å². The molecule has 1 aliphatic carbocycles. The number of carbonyl (C=O) groups excluding carboxylic acids is 1. The lowest BCUT2D eigenvalue weighted by Crippen LogP contribution is -2.28. The number of aryl methyl sites for hydroxylation is 2. The fourth-order valence-corrected chi connectivity index (χ4v) is 3.77.